The smallest absolute Gasteiger partial charge is 0.172 e. The molecule has 0 aliphatic carbocycles. The molecule has 4 nitrogen and oxygen atoms in total. The molecule has 1 unspecified atom stereocenters. The Morgan fingerprint density at radius 2 is 2.00 bits per heavy atom. The van der Waals surface area contributed by atoms with Crippen molar-refractivity contribution in [2.45, 2.75) is 39.2 Å². The zero-order chi connectivity index (χ0) is 15.0. The molecular weight excluding hydrogens is 262 g/mol. The van der Waals surface area contributed by atoms with Gasteiger partial charge < -0.3 is 10.1 Å². The Morgan fingerprint density at radius 1 is 1.24 bits per heavy atom. The Balaban J connectivity index is 1.96. The van der Waals surface area contributed by atoms with E-state index >= 15 is 0 Å². The minimum absolute atomic E-state index is 0.0885. The second kappa shape index (κ2) is 5.35. The van der Waals surface area contributed by atoms with Gasteiger partial charge in [-0.05, 0) is 24.5 Å². The van der Waals surface area contributed by atoms with Crippen molar-refractivity contribution in [2.24, 2.45) is 0 Å². The van der Waals surface area contributed by atoms with Crippen LogP contribution in [0.25, 0.3) is 0 Å². The van der Waals surface area contributed by atoms with Gasteiger partial charge in [-0.15, -0.1) is 0 Å². The summed E-state index contributed by atoms with van der Waals surface area (Å²) in [5, 5.41) is 3.20. The molecule has 0 bridgehead atoms. The van der Waals surface area contributed by atoms with Crippen molar-refractivity contribution in [1.82, 2.24) is 9.97 Å². The number of aryl methyl sites for hydroxylation is 1. The number of nitrogens with one attached hydrogen (secondary N) is 1. The van der Waals surface area contributed by atoms with Gasteiger partial charge in [0.15, 0.2) is 11.9 Å². The largest absolute Gasteiger partial charge is 0.482 e. The van der Waals surface area contributed by atoms with E-state index in [1.807, 2.05) is 32.2 Å². The van der Waals surface area contributed by atoms with Crippen molar-refractivity contribution in [1.29, 1.82) is 0 Å². The number of fused-ring (bicyclic) bond motifs is 1. The molecule has 1 aromatic carbocycles. The lowest BCUT2D eigenvalue weighted by molar-refractivity contribution is 0.227. The van der Waals surface area contributed by atoms with Gasteiger partial charge in [0, 0.05) is 24.7 Å². The highest BCUT2D eigenvalue weighted by atomic mass is 16.5. The van der Waals surface area contributed by atoms with E-state index in [1.54, 1.807) is 0 Å². The molecule has 1 aromatic heterocycles. The topological polar surface area (TPSA) is 47.0 Å². The van der Waals surface area contributed by atoms with Gasteiger partial charge >= 0.3 is 0 Å². The van der Waals surface area contributed by atoms with E-state index in [2.05, 4.69) is 25.2 Å². The number of nitrogens with zero attached hydrogens (tertiary/aromatic N) is 2. The van der Waals surface area contributed by atoms with Gasteiger partial charge in [0.2, 0.25) is 0 Å². The molecule has 0 fully saturated rings. The highest BCUT2D eigenvalue weighted by Gasteiger charge is 2.27. The molecule has 1 aliphatic heterocycles. The van der Waals surface area contributed by atoms with Crippen LogP contribution in [0.2, 0.25) is 0 Å². The van der Waals surface area contributed by atoms with Crippen molar-refractivity contribution < 1.29 is 4.74 Å². The predicted octanol–water partition coefficient (Wildman–Crippen LogP) is 3.63. The third-order valence-corrected chi connectivity index (χ3v) is 3.90. The summed E-state index contributed by atoms with van der Waals surface area (Å²) in [7, 11) is 1.90. The summed E-state index contributed by atoms with van der Waals surface area (Å²) in [5.41, 5.74) is 3.43. The fourth-order valence-electron chi connectivity index (χ4n) is 2.96. The molecule has 2 aromatic rings. The average Bonchev–Trinajstić information content (AvgIpc) is 2.89. The highest BCUT2D eigenvalue weighted by molar-refractivity contribution is 5.48. The van der Waals surface area contributed by atoms with Crippen LogP contribution in [0, 0.1) is 6.92 Å². The molecule has 1 N–H and O–H groups in total. The molecular formula is C17H21N3O. The monoisotopic (exact) mass is 283 g/mol. The summed E-state index contributed by atoms with van der Waals surface area (Å²) in [6.45, 7) is 6.37. The third-order valence-electron chi connectivity index (χ3n) is 3.90. The molecule has 3 rings (SSSR count). The van der Waals surface area contributed by atoms with Crippen molar-refractivity contribution in [3.8, 4) is 5.75 Å². The average molecular weight is 283 g/mol. The van der Waals surface area contributed by atoms with Crippen molar-refractivity contribution in [2.75, 3.05) is 12.4 Å². The molecule has 1 aliphatic rings. The van der Waals surface area contributed by atoms with Gasteiger partial charge in [0.1, 0.15) is 11.6 Å². The van der Waals surface area contributed by atoms with Crippen LogP contribution in [0.15, 0.2) is 24.3 Å². The minimum atomic E-state index is -0.0885. The molecule has 0 spiro atoms. The van der Waals surface area contributed by atoms with Crippen molar-refractivity contribution >= 4 is 5.82 Å². The number of aromatic nitrogens is 2. The molecule has 21 heavy (non-hydrogen) atoms. The van der Waals surface area contributed by atoms with Gasteiger partial charge in [-0.2, -0.15) is 0 Å². The maximum Gasteiger partial charge on any atom is 0.172 e. The van der Waals surface area contributed by atoms with Crippen LogP contribution in [0.3, 0.4) is 0 Å². The maximum atomic E-state index is 6.00. The Morgan fingerprint density at radius 3 is 2.67 bits per heavy atom. The van der Waals surface area contributed by atoms with E-state index in [-0.39, 0.29) is 6.10 Å². The number of hydrogen-bond donors (Lipinski definition) is 1. The number of hydrogen-bond acceptors (Lipinski definition) is 4. The van der Waals surface area contributed by atoms with Gasteiger partial charge in [-0.25, -0.2) is 9.97 Å². The Bertz CT molecular complexity index is 642. The number of rotatable bonds is 3. The minimum Gasteiger partial charge on any atom is -0.482 e. The second-order valence-electron chi connectivity index (χ2n) is 5.75. The first-order chi connectivity index (χ1) is 10.1. The summed E-state index contributed by atoms with van der Waals surface area (Å²) in [4.78, 5) is 9.38. The standard InChI is InChI=1S/C17H21N3O/c1-10(2)15-11(3)19-16(20-17(15)18-4)14-9-12-7-5-6-8-13(12)21-14/h5-8,10,14H,9H2,1-4H3,(H,18,19,20). The number of para-hydroxylation sites is 1. The van der Waals surface area contributed by atoms with Crippen molar-refractivity contribution in [3.63, 3.8) is 0 Å². The van der Waals surface area contributed by atoms with Gasteiger partial charge in [-0.1, -0.05) is 32.0 Å². The van der Waals surface area contributed by atoms with E-state index < -0.39 is 0 Å². The first kappa shape index (κ1) is 13.9. The number of benzene rings is 1. The predicted molar refractivity (Wildman–Crippen MR) is 83.9 cm³/mol. The van der Waals surface area contributed by atoms with Crippen LogP contribution in [0.1, 0.15) is 48.5 Å². The van der Waals surface area contributed by atoms with Gasteiger partial charge in [0.25, 0.3) is 0 Å². The van der Waals surface area contributed by atoms with E-state index in [1.165, 1.54) is 11.1 Å². The molecule has 0 amide bonds. The molecule has 0 saturated carbocycles. The lowest BCUT2D eigenvalue weighted by atomic mass is 10.0. The van der Waals surface area contributed by atoms with Crippen LogP contribution in [-0.2, 0) is 6.42 Å². The Hall–Kier alpha value is -2.10. The highest BCUT2D eigenvalue weighted by Crippen LogP contribution is 2.36. The molecule has 1 atom stereocenters. The van der Waals surface area contributed by atoms with Gasteiger partial charge in [0.05, 0.1) is 0 Å². The van der Waals surface area contributed by atoms with E-state index in [0.717, 1.165) is 29.5 Å². The van der Waals surface area contributed by atoms with E-state index in [0.29, 0.717) is 5.92 Å². The Kier molecular flexibility index (Phi) is 3.53. The SMILES string of the molecule is CNc1nc(C2Cc3ccccc3O2)nc(C)c1C(C)C. The first-order valence-electron chi connectivity index (χ1n) is 7.41. The Labute approximate surface area is 125 Å². The summed E-state index contributed by atoms with van der Waals surface area (Å²) in [6.07, 6.45) is 0.745. The van der Waals surface area contributed by atoms with Crippen LogP contribution >= 0.6 is 0 Å². The summed E-state index contributed by atoms with van der Waals surface area (Å²) in [6, 6.07) is 8.14. The lowest BCUT2D eigenvalue weighted by Crippen LogP contribution is -2.14. The van der Waals surface area contributed by atoms with E-state index in [4.69, 9.17) is 14.7 Å². The van der Waals surface area contributed by atoms with Crippen LogP contribution in [-0.4, -0.2) is 17.0 Å². The lowest BCUT2D eigenvalue weighted by Gasteiger charge is -2.17. The van der Waals surface area contributed by atoms with Crippen LogP contribution in [0.5, 0.6) is 5.75 Å². The molecule has 0 saturated heterocycles. The summed E-state index contributed by atoms with van der Waals surface area (Å²) in [5.74, 6) is 3.01. The molecule has 0 radical (unpaired) electrons. The van der Waals surface area contributed by atoms with Crippen LogP contribution in [0.4, 0.5) is 5.82 Å². The fourth-order valence-corrected chi connectivity index (χ4v) is 2.96. The summed E-state index contributed by atoms with van der Waals surface area (Å²) >= 11 is 0. The summed E-state index contributed by atoms with van der Waals surface area (Å²) < 4.78 is 6.00. The number of ether oxygens (including phenoxy) is 1. The van der Waals surface area contributed by atoms with Gasteiger partial charge in [-0.3, -0.25) is 0 Å². The maximum absolute atomic E-state index is 6.00. The second-order valence-corrected chi connectivity index (χ2v) is 5.75. The third kappa shape index (κ3) is 2.46. The van der Waals surface area contributed by atoms with Crippen molar-refractivity contribution in [3.05, 3.63) is 46.9 Å². The molecule has 4 heteroatoms. The molecule has 110 valence electrons. The zero-order valence-electron chi connectivity index (χ0n) is 13.0. The normalized spacial score (nSPS) is 16.7. The fraction of sp³-hybridized carbons (Fsp3) is 0.412. The zero-order valence-corrected chi connectivity index (χ0v) is 13.0. The molecule has 2 heterocycles. The quantitative estimate of drug-likeness (QED) is 0.934. The van der Waals surface area contributed by atoms with Crippen LogP contribution < -0.4 is 10.1 Å². The van der Waals surface area contributed by atoms with E-state index in [9.17, 15) is 0 Å². The number of anilines is 1. The first-order valence-corrected chi connectivity index (χ1v) is 7.41.